The first-order valence-corrected chi connectivity index (χ1v) is 4.69. The van der Waals surface area contributed by atoms with Crippen molar-refractivity contribution < 1.29 is 4.79 Å². The lowest BCUT2D eigenvalue weighted by atomic mass is 10.3. The maximum atomic E-state index is 11.7. The average molecular weight is 214 g/mol. The van der Waals surface area contributed by atoms with Crippen molar-refractivity contribution in [3.05, 3.63) is 48.4 Å². The summed E-state index contributed by atoms with van der Waals surface area (Å²) >= 11 is 0. The van der Waals surface area contributed by atoms with Crippen LogP contribution in [0.3, 0.4) is 0 Å². The number of nitrogens with zero attached hydrogens (tertiary/aromatic N) is 2. The van der Waals surface area contributed by atoms with Crippen molar-refractivity contribution in [3.8, 4) is 0 Å². The third-order valence-electron chi connectivity index (χ3n) is 1.92. The first-order chi connectivity index (χ1) is 7.75. The van der Waals surface area contributed by atoms with Crippen LogP contribution in [0.2, 0.25) is 0 Å². The Hall–Kier alpha value is -2.43. The van der Waals surface area contributed by atoms with E-state index in [9.17, 15) is 4.79 Å². The summed E-state index contributed by atoms with van der Waals surface area (Å²) in [5.74, 6) is 0.155. The molecule has 5 nitrogen and oxygen atoms in total. The molecule has 2 rings (SSSR count). The molecular weight excluding hydrogens is 204 g/mol. The Kier molecular flexibility index (Phi) is 2.77. The van der Waals surface area contributed by atoms with Crippen LogP contribution in [0, 0.1) is 0 Å². The molecule has 0 atom stereocenters. The zero-order valence-electron chi connectivity index (χ0n) is 8.42. The Bertz CT molecular complexity index is 498. The third-order valence-corrected chi connectivity index (χ3v) is 1.92. The van der Waals surface area contributed by atoms with Crippen LogP contribution in [0.5, 0.6) is 0 Å². The second-order valence-electron chi connectivity index (χ2n) is 3.14. The van der Waals surface area contributed by atoms with Crippen molar-refractivity contribution in [2.24, 2.45) is 0 Å². The van der Waals surface area contributed by atoms with Gasteiger partial charge in [-0.2, -0.15) is 0 Å². The third kappa shape index (κ3) is 2.33. The van der Waals surface area contributed by atoms with Crippen LogP contribution in [-0.4, -0.2) is 15.9 Å². The van der Waals surface area contributed by atoms with Gasteiger partial charge in [0.1, 0.15) is 11.5 Å². The van der Waals surface area contributed by atoms with E-state index in [1.807, 2.05) is 0 Å². The topological polar surface area (TPSA) is 80.9 Å². The number of nitrogens with one attached hydrogen (secondary N) is 1. The summed E-state index contributed by atoms with van der Waals surface area (Å²) < 4.78 is 0. The van der Waals surface area contributed by atoms with Crippen LogP contribution in [0.25, 0.3) is 0 Å². The normalized spacial score (nSPS) is 9.75. The highest BCUT2D eigenvalue weighted by molar-refractivity contribution is 6.02. The predicted molar refractivity (Wildman–Crippen MR) is 60.8 cm³/mol. The second-order valence-corrected chi connectivity index (χ2v) is 3.14. The van der Waals surface area contributed by atoms with E-state index in [-0.39, 0.29) is 11.6 Å². The van der Waals surface area contributed by atoms with Crippen LogP contribution in [-0.2, 0) is 0 Å². The molecule has 2 heterocycles. The Morgan fingerprint density at radius 1 is 1.19 bits per heavy atom. The predicted octanol–water partition coefficient (Wildman–Crippen LogP) is 1.31. The maximum Gasteiger partial charge on any atom is 0.275 e. The zero-order valence-corrected chi connectivity index (χ0v) is 8.42. The molecule has 2 aromatic rings. The molecule has 0 unspecified atom stereocenters. The van der Waals surface area contributed by atoms with Gasteiger partial charge in [-0.1, -0.05) is 6.07 Å². The smallest absolute Gasteiger partial charge is 0.275 e. The molecule has 0 fully saturated rings. The molecule has 80 valence electrons. The van der Waals surface area contributed by atoms with Gasteiger partial charge < -0.3 is 11.1 Å². The van der Waals surface area contributed by atoms with E-state index in [0.717, 1.165) is 0 Å². The minimum Gasteiger partial charge on any atom is -0.399 e. The fraction of sp³-hybridized carbons (Fsp3) is 0. The molecule has 0 aliphatic heterocycles. The van der Waals surface area contributed by atoms with Gasteiger partial charge in [0.2, 0.25) is 0 Å². The van der Waals surface area contributed by atoms with Gasteiger partial charge in [0.05, 0.1) is 0 Å². The number of hydrogen-bond donors (Lipinski definition) is 2. The Labute approximate surface area is 92.3 Å². The lowest BCUT2D eigenvalue weighted by Crippen LogP contribution is -2.14. The molecule has 0 saturated carbocycles. The van der Waals surface area contributed by atoms with Crippen molar-refractivity contribution >= 4 is 17.4 Å². The Morgan fingerprint density at radius 2 is 2.06 bits per heavy atom. The summed E-state index contributed by atoms with van der Waals surface area (Å²) in [7, 11) is 0. The molecule has 2 aromatic heterocycles. The fourth-order valence-electron chi connectivity index (χ4n) is 1.19. The molecule has 0 aromatic carbocycles. The summed E-state index contributed by atoms with van der Waals surface area (Å²) in [4.78, 5) is 19.6. The number of hydrogen-bond acceptors (Lipinski definition) is 4. The lowest BCUT2D eigenvalue weighted by molar-refractivity contribution is 0.102. The number of nitrogen functional groups attached to an aromatic ring is 1. The van der Waals surface area contributed by atoms with Crippen LogP contribution in [0.4, 0.5) is 11.5 Å². The van der Waals surface area contributed by atoms with Gasteiger partial charge in [0.25, 0.3) is 5.91 Å². The number of aromatic nitrogens is 2. The number of nitrogens with two attached hydrogens (primary N) is 1. The van der Waals surface area contributed by atoms with E-state index < -0.39 is 0 Å². The SMILES string of the molecule is Nc1ccnc(C(=O)Nc2ccccn2)c1. The van der Waals surface area contributed by atoms with Gasteiger partial charge >= 0.3 is 0 Å². The van der Waals surface area contributed by atoms with E-state index in [0.29, 0.717) is 11.5 Å². The summed E-state index contributed by atoms with van der Waals surface area (Å²) in [5, 5.41) is 2.62. The average Bonchev–Trinajstić information content (AvgIpc) is 2.30. The van der Waals surface area contributed by atoms with E-state index in [1.54, 1.807) is 30.5 Å². The first-order valence-electron chi connectivity index (χ1n) is 4.69. The van der Waals surface area contributed by atoms with Gasteiger partial charge in [-0.05, 0) is 24.3 Å². The quantitative estimate of drug-likeness (QED) is 0.789. The molecule has 0 aliphatic rings. The molecule has 0 spiro atoms. The second kappa shape index (κ2) is 4.39. The first kappa shape index (κ1) is 10.1. The Morgan fingerprint density at radius 3 is 2.75 bits per heavy atom. The van der Waals surface area contributed by atoms with Crippen molar-refractivity contribution in [1.82, 2.24) is 9.97 Å². The lowest BCUT2D eigenvalue weighted by Gasteiger charge is -2.03. The van der Waals surface area contributed by atoms with Gasteiger partial charge in [-0.3, -0.25) is 9.78 Å². The standard InChI is InChI=1S/C11H10N4O/c12-8-4-6-13-9(7-8)11(16)15-10-3-1-2-5-14-10/h1-7H,(H2,12,13)(H,14,15,16). The van der Waals surface area contributed by atoms with E-state index >= 15 is 0 Å². The molecule has 0 radical (unpaired) electrons. The van der Waals surface area contributed by atoms with E-state index in [4.69, 9.17) is 5.73 Å². The number of rotatable bonds is 2. The van der Waals surface area contributed by atoms with Gasteiger partial charge in [0, 0.05) is 18.1 Å². The van der Waals surface area contributed by atoms with E-state index in [1.165, 1.54) is 12.3 Å². The van der Waals surface area contributed by atoms with Crippen LogP contribution in [0.15, 0.2) is 42.7 Å². The highest BCUT2D eigenvalue weighted by atomic mass is 16.1. The number of anilines is 2. The van der Waals surface area contributed by atoms with E-state index in [2.05, 4.69) is 15.3 Å². The number of carbonyl (C=O) groups excluding carboxylic acids is 1. The Balaban J connectivity index is 2.15. The molecule has 1 amide bonds. The molecule has 3 N–H and O–H groups in total. The summed E-state index contributed by atoms with van der Waals surface area (Å²) in [6.45, 7) is 0. The molecule has 5 heteroatoms. The van der Waals surface area contributed by atoms with Gasteiger partial charge in [-0.25, -0.2) is 4.98 Å². The van der Waals surface area contributed by atoms with Crippen molar-refractivity contribution in [1.29, 1.82) is 0 Å². The van der Waals surface area contributed by atoms with Gasteiger partial charge in [-0.15, -0.1) is 0 Å². The summed E-state index contributed by atoms with van der Waals surface area (Å²) in [5.41, 5.74) is 6.32. The summed E-state index contributed by atoms with van der Waals surface area (Å²) in [6, 6.07) is 8.39. The maximum absolute atomic E-state index is 11.7. The highest BCUT2D eigenvalue weighted by Crippen LogP contribution is 2.06. The monoisotopic (exact) mass is 214 g/mol. The van der Waals surface area contributed by atoms with Crippen molar-refractivity contribution in [2.75, 3.05) is 11.1 Å². The largest absolute Gasteiger partial charge is 0.399 e. The van der Waals surface area contributed by atoms with Gasteiger partial charge in [0.15, 0.2) is 0 Å². The zero-order chi connectivity index (χ0) is 11.4. The van der Waals surface area contributed by atoms with Crippen molar-refractivity contribution in [3.63, 3.8) is 0 Å². The minimum atomic E-state index is -0.328. The summed E-state index contributed by atoms with van der Waals surface area (Å²) in [6.07, 6.45) is 3.09. The highest BCUT2D eigenvalue weighted by Gasteiger charge is 2.07. The number of pyridine rings is 2. The molecular formula is C11H10N4O. The van der Waals surface area contributed by atoms with Crippen LogP contribution < -0.4 is 11.1 Å². The van der Waals surface area contributed by atoms with Crippen LogP contribution in [0.1, 0.15) is 10.5 Å². The molecule has 0 bridgehead atoms. The molecule has 0 saturated heterocycles. The number of amides is 1. The van der Waals surface area contributed by atoms with Crippen molar-refractivity contribution in [2.45, 2.75) is 0 Å². The van der Waals surface area contributed by atoms with Crippen LogP contribution >= 0.6 is 0 Å². The fourth-order valence-corrected chi connectivity index (χ4v) is 1.19. The number of carbonyl (C=O) groups is 1. The molecule has 0 aliphatic carbocycles. The minimum absolute atomic E-state index is 0.269. The molecule has 16 heavy (non-hydrogen) atoms.